The summed E-state index contributed by atoms with van der Waals surface area (Å²) in [5.74, 6) is 0. The molecule has 21 heavy (non-hydrogen) atoms. The number of aromatic nitrogens is 1. The summed E-state index contributed by atoms with van der Waals surface area (Å²) in [5.41, 5.74) is 2.66. The van der Waals surface area contributed by atoms with Gasteiger partial charge in [0, 0.05) is 30.0 Å². The van der Waals surface area contributed by atoms with Gasteiger partial charge in [0.25, 0.3) is 0 Å². The van der Waals surface area contributed by atoms with Crippen LogP contribution in [0.4, 0.5) is 0 Å². The molecule has 0 aromatic carbocycles. The van der Waals surface area contributed by atoms with E-state index < -0.39 is 5.41 Å². The van der Waals surface area contributed by atoms with Gasteiger partial charge >= 0.3 is 0 Å². The van der Waals surface area contributed by atoms with Crippen molar-refractivity contribution in [2.45, 2.75) is 33.2 Å². The predicted molar refractivity (Wildman–Crippen MR) is 87.6 cm³/mol. The van der Waals surface area contributed by atoms with Gasteiger partial charge in [-0.25, -0.2) is 0 Å². The van der Waals surface area contributed by atoms with Crippen LogP contribution in [0.2, 0.25) is 0 Å². The lowest BCUT2D eigenvalue weighted by Crippen LogP contribution is -2.39. The first-order chi connectivity index (χ1) is 9.99. The molecule has 0 bridgehead atoms. The Bertz CT molecular complexity index is 539. The monoisotopic (exact) mass is 287 g/mol. The minimum atomic E-state index is -0.731. The maximum absolute atomic E-state index is 9.25. The zero-order chi connectivity index (χ0) is 15.9. The van der Waals surface area contributed by atoms with Crippen molar-refractivity contribution in [1.29, 1.82) is 5.26 Å². The van der Waals surface area contributed by atoms with Crippen molar-refractivity contribution < 1.29 is 5.11 Å². The Morgan fingerprint density at radius 3 is 2.86 bits per heavy atom. The van der Waals surface area contributed by atoms with Crippen molar-refractivity contribution in [3.63, 3.8) is 0 Å². The van der Waals surface area contributed by atoms with Crippen molar-refractivity contribution in [3.8, 4) is 6.07 Å². The van der Waals surface area contributed by atoms with Crippen LogP contribution in [0.25, 0.3) is 12.2 Å². The highest BCUT2D eigenvalue weighted by molar-refractivity contribution is 5.65. The fraction of sp³-hybridized carbons (Fsp3) is 0.471. The molecule has 1 aromatic rings. The molecule has 1 rings (SSSR count). The molecule has 3 N–H and O–H groups in total. The normalized spacial score (nSPS) is 15.6. The van der Waals surface area contributed by atoms with E-state index in [0.717, 1.165) is 17.7 Å². The zero-order valence-corrected chi connectivity index (χ0v) is 13.1. The molecule has 0 spiro atoms. The van der Waals surface area contributed by atoms with Crippen LogP contribution in [0.3, 0.4) is 0 Å². The second kappa shape index (κ2) is 7.82. The summed E-state index contributed by atoms with van der Waals surface area (Å²) < 4.78 is 0. The lowest BCUT2D eigenvalue weighted by Gasteiger charge is -2.22. The maximum Gasteiger partial charge on any atom is 0.0899 e. The number of allylic oxidation sites excluding steroid dienone is 1. The molecule has 0 aliphatic heterocycles. The molecular weight excluding hydrogens is 262 g/mol. The quantitative estimate of drug-likeness (QED) is 0.688. The van der Waals surface area contributed by atoms with Gasteiger partial charge in [-0.05, 0) is 38.8 Å². The van der Waals surface area contributed by atoms with Crippen LogP contribution in [0.15, 0.2) is 18.9 Å². The highest BCUT2D eigenvalue weighted by Crippen LogP contribution is 2.19. The van der Waals surface area contributed by atoms with Crippen LogP contribution in [-0.4, -0.2) is 29.3 Å². The number of nitrogens with one attached hydrogen (secondary N) is 2. The first-order valence-corrected chi connectivity index (χ1v) is 7.20. The number of aliphatic hydroxyl groups is 1. The van der Waals surface area contributed by atoms with E-state index in [2.05, 4.69) is 35.9 Å². The summed E-state index contributed by atoms with van der Waals surface area (Å²) >= 11 is 0. The Balaban J connectivity index is 2.72. The highest BCUT2D eigenvalue weighted by atomic mass is 16.3. The molecule has 1 aromatic heterocycles. The second-order valence-corrected chi connectivity index (χ2v) is 5.66. The van der Waals surface area contributed by atoms with E-state index in [1.165, 1.54) is 5.56 Å². The maximum atomic E-state index is 9.25. The molecule has 114 valence electrons. The van der Waals surface area contributed by atoms with E-state index in [1.54, 1.807) is 6.92 Å². The highest BCUT2D eigenvalue weighted by Gasteiger charge is 2.23. The van der Waals surface area contributed by atoms with E-state index in [0.29, 0.717) is 6.54 Å². The van der Waals surface area contributed by atoms with Gasteiger partial charge in [-0.2, -0.15) is 5.26 Å². The van der Waals surface area contributed by atoms with Gasteiger partial charge in [0.1, 0.15) is 0 Å². The Morgan fingerprint density at radius 2 is 2.33 bits per heavy atom. The Morgan fingerprint density at radius 1 is 1.62 bits per heavy atom. The van der Waals surface area contributed by atoms with Crippen LogP contribution < -0.4 is 5.32 Å². The SMILES string of the molecule is C=Cc1[nH]cc(C[C@@H](C)NCC(C)(C#N)CO)c1/C=C\C. The molecule has 1 heterocycles. The van der Waals surface area contributed by atoms with Crippen molar-refractivity contribution >= 4 is 12.2 Å². The number of rotatable bonds is 8. The Hall–Kier alpha value is -1.83. The first kappa shape index (κ1) is 17.2. The van der Waals surface area contributed by atoms with Gasteiger partial charge in [0.05, 0.1) is 18.1 Å². The molecule has 0 fully saturated rings. The fourth-order valence-electron chi connectivity index (χ4n) is 2.13. The van der Waals surface area contributed by atoms with E-state index >= 15 is 0 Å². The molecule has 0 aliphatic rings. The molecule has 0 saturated carbocycles. The average molecular weight is 287 g/mol. The summed E-state index contributed by atoms with van der Waals surface area (Å²) in [6.45, 7) is 9.97. The molecule has 0 aliphatic carbocycles. The minimum Gasteiger partial charge on any atom is -0.395 e. The number of nitriles is 1. The Labute approximate surface area is 127 Å². The van der Waals surface area contributed by atoms with Crippen LogP contribution >= 0.6 is 0 Å². The van der Waals surface area contributed by atoms with Crippen LogP contribution in [0, 0.1) is 16.7 Å². The number of nitrogens with zero attached hydrogens (tertiary/aromatic N) is 1. The molecule has 0 saturated heterocycles. The lowest BCUT2D eigenvalue weighted by molar-refractivity contribution is 0.183. The van der Waals surface area contributed by atoms with Gasteiger partial charge in [-0.15, -0.1) is 0 Å². The smallest absolute Gasteiger partial charge is 0.0899 e. The molecule has 0 radical (unpaired) electrons. The van der Waals surface area contributed by atoms with Gasteiger partial charge < -0.3 is 15.4 Å². The number of hydrogen-bond donors (Lipinski definition) is 3. The van der Waals surface area contributed by atoms with Crippen molar-refractivity contribution in [3.05, 3.63) is 35.7 Å². The minimum absolute atomic E-state index is 0.141. The van der Waals surface area contributed by atoms with Gasteiger partial charge in [0.15, 0.2) is 0 Å². The molecule has 2 atom stereocenters. The van der Waals surface area contributed by atoms with E-state index in [1.807, 2.05) is 25.3 Å². The summed E-state index contributed by atoms with van der Waals surface area (Å²) in [5, 5.41) is 21.6. The Kier molecular flexibility index (Phi) is 6.41. The molecule has 0 amide bonds. The average Bonchev–Trinajstić information content (AvgIpc) is 2.87. The van der Waals surface area contributed by atoms with Crippen molar-refractivity contribution in [2.24, 2.45) is 5.41 Å². The van der Waals surface area contributed by atoms with E-state index in [-0.39, 0.29) is 12.6 Å². The third-order valence-electron chi connectivity index (χ3n) is 3.56. The molecule has 1 unspecified atom stereocenters. The van der Waals surface area contributed by atoms with Gasteiger partial charge in [-0.1, -0.05) is 18.7 Å². The summed E-state index contributed by atoms with van der Waals surface area (Å²) in [6, 6.07) is 2.36. The predicted octanol–water partition coefficient (Wildman–Crippen LogP) is 2.73. The topological polar surface area (TPSA) is 71.8 Å². The zero-order valence-electron chi connectivity index (χ0n) is 13.1. The van der Waals surface area contributed by atoms with Crippen LogP contribution in [-0.2, 0) is 6.42 Å². The number of aliphatic hydroxyl groups excluding tert-OH is 1. The molecule has 4 heteroatoms. The fourth-order valence-corrected chi connectivity index (χ4v) is 2.13. The first-order valence-electron chi connectivity index (χ1n) is 7.20. The third kappa shape index (κ3) is 4.59. The largest absolute Gasteiger partial charge is 0.395 e. The second-order valence-electron chi connectivity index (χ2n) is 5.66. The number of hydrogen-bond acceptors (Lipinski definition) is 3. The summed E-state index contributed by atoms with van der Waals surface area (Å²) in [7, 11) is 0. The summed E-state index contributed by atoms with van der Waals surface area (Å²) in [4.78, 5) is 3.22. The van der Waals surface area contributed by atoms with Gasteiger partial charge in [0.2, 0.25) is 0 Å². The lowest BCUT2D eigenvalue weighted by atomic mass is 9.93. The molecular formula is C17H25N3O. The van der Waals surface area contributed by atoms with E-state index in [4.69, 9.17) is 5.26 Å². The van der Waals surface area contributed by atoms with Crippen LogP contribution in [0.5, 0.6) is 0 Å². The van der Waals surface area contributed by atoms with Crippen molar-refractivity contribution in [2.75, 3.05) is 13.2 Å². The number of aromatic amines is 1. The standard InChI is InChI=1S/C17H25N3O/c1-5-7-15-14(9-19-16(15)6-2)8-13(3)20-11-17(4,10-18)12-21/h5-7,9,13,19-21H,2,8,11-12H2,1,3-4H3/b7-5-/t13-,17?/m1/s1. The third-order valence-corrected chi connectivity index (χ3v) is 3.56. The van der Waals surface area contributed by atoms with E-state index in [9.17, 15) is 5.11 Å². The van der Waals surface area contributed by atoms with Gasteiger partial charge in [-0.3, -0.25) is 0 Å². The number of H-pyrrole nitrogens is 1. The molecule has 4 nitrogen and oxygen atoms in total. The van der Waals surface area contributed by atoms with Crippen LogP contribution in [0.1, 0.15) is 37.6 Å². The van der Waals surface area contributed by atoms with Crippen molar-refractivity contribution in [1.82, 2.24) is 10.3 Å². The summed E-state index contributed by atoms with van der Waals surface area (Å²) in [6.07, 6.45) is 8.74.